The largest absolute Gasteiger partial charge is 0.350 e. The highest BCUT2D eigenvalue weighted by Gasteiger charge is 2.30. The lowest BCUT2D eigenvalue weighted by Crippen LogP contribution is -2.53. The van der Waals surface area contributed by atoms with Crippen LogP contribution in [0.15, 0.2) is 48.5 Å². The Balaban J connectivity index is 2.19. The van der Waals surface area contributed by atoms with Gasteiger partial charge in [0.25, 0.3) is 0 Å². The summed E-state index contributed by atoms with van der Waals surface area (Å²) in [5.74, 6) is 0.773. The van der Waals surface area contributed by atoms with Crippen molar-refractivity contribution in [2.75, 3.05) is 5.75 Å². The van der Waals surface area contributed by atoms with Crippen molar-refractivity contribution in [1.29, 1.82) is 0 Å². The molecule has 2 rings (SSSR count). The van der Waals surface area contributed by atoms with E-state index in [0.717, 1.165) is 16.7 Å². The van der Waals surface area contributed by atoms with E-state index in [1.807, 2.05) is 83.1 Å². The molecule has 2 aromatic rings. The summed E-state index contributed by atoms with van der Waals surface area (Å²) in [6.07, 6.45) is 0.550. The lowest BCUT2D eigenvalue weighted by Gasteiger charge is -2.33. The molecule has 0 aliphatic carbocycles. The second kappa shape index (κ2) is 11.6. The number of nitrogens with one attached hydrogen (secondary N) is 1. The average Bonchev–Trinajstić information content (AvgIpc) is 2.69. The molecule has 0 aliphatic rings. The molecule has 4 nitrogen and oxygen atoms in total. The number of hydrogen-bond donors (Lipinski definition) is 1. The van der Waals surface area contributed by atoms with Crippen molar-refractivity contribution >= 4 is 35.2 Å². The van der Waals surface area contributed by atoms with E-state index in [-0.39, 0.29) is 23.1 Å². The molecule has 1 N–H and O–H groups in total. The molecule has 2 aromatic carbocycles. The summed E-state index contributed by atoms with van der Waals surface area (Å²) in [6, 6.07) is 15.1. The van der Waals surface area contributed by atoms with Crippen LogP contribution in [0.1, 0.15) is 50.8 Å². The summed E-state index contributed by atoms with van der Waals surface area (Å²) in [5, 5.41) is 3.74. The first-order valence-corrected chi connectivity index (χ1v) is 12.1. The number of halogens is 1. The van der Waals surface area contributed by atoms with Crippen LogP contribution in [-0.2, 0) is 21.9 Å². The molecule has 0 spiro atoms. The van der Waals surface area contributed by atoms with Crippen molar-refractivity contribution in [2.45, 2.75) is 64.9 Å². The van der Waals surface area contributed by atoms with Crippen molar-refractivity contribution < 1.29 is 9.59 Å². The Morgan fingerprint density at radius 2 is 1.68 bits per heavy atom. The molecule has 0 bridgehead atoms. The molecule has 0 fully saturated rings. The minimum Gasteiger partial charge on any atom is -0.350 e. The van der Waals surface area contributed by atoms with E-state index in [9.17, 15) is 9.59 Å². The van der Waals surface area contributed by atoms with Crippen molar-refractivity contribution in [2.24, 2.45) is 0 Å². The molecule has 0 radical (unpaired) electrons. The van der Waals surface area contributed by atoms with Crippen LogP contribution in [0, 0.1) is 6.92 Å². The van der Waals surface area contributed by atoms with E-state index in [1.54, 1.807) is 4.90 Å². The molecule has 0 unspecified atom stereocenters. The zero-order valence-electron chi connectivity index (χ0n) is 19.1. The molecule has 0 heterocycles. The van der Waals surface area contributed by atoms with Crippen LogP contribution in [-0.4, -0.2) is 34.0 Å². The third-order valence-electron chi connectivity index (χ3n) is 4.93. The summed E-state index contributed by atoms with van der Waals surface area (Å²) in [6.45, 7) is 10.2. The number of carbonyl (C=O) groups is 2. The Labute approximate surface area is 195 Å². The zero-order chi connectivity index (χ0) is 23.0. The summed E-state index contributed by atoms with van der Waals surface area (Å²) in [4.78, 5) is 28.0. The molecule has 6 heteroatoms. The van der Waals surface area contributed by atoms with Crippen LogP contribution >= 0.6 is 23.4 Å². The average molecular weight is 461 g/mol. The van der Waals surface area contributed by atoms with Crippen LogP contribution in [0.25, 0.3) is 0 Å². The van der Waals surface area contributed by atoms with E-state index < -0.39 is 6.04 Å². The molecule has 168 valence electrons. The molecule has 0 aliphatic heterocycles. The van der Waals surface area contributed by atoms with Crippen molar-refractivity contribution in [3.8, 4) is 0 Å². The summed E-state index contributed by atoms with van der Waals surface area (Å²) >= 11 is 7.76. The fourth-order valence-electron chi connectivity index (χ4n) is 3.29. The molecular weight excluding hydrogens is 428 g/mol. The highest BCUT2D eigenvalue weighted by Crippen LogP contribution is 2.22. The van der Waals surface area contributed by atoms with Crippen molar-refractivity contribution in [3.05, 3.63) is 70.2 Å². The van der Waals surface area contributed by atoms with Gasteiger partial charge in [-0.25, -0.2) is 0 Å². The standard InChI is InChI=1S/C25H33ClN2O2S/c1-6-22(24(30)27-25(3,4)5)28(15-19-12-8-7-11-18(19)2)23(29)17-31-16-20-13-9-10-14-21(20)26/h7-14,22H,6,15-17H2,1-5H3,(H,27,30)/t22-/m1/s1. The van der Waals surface area contributed by atoms with E-state index in [4.69, 9.17) is 11.6 Å². The number of carbonyl (C=O) groups excluding carboxylic acids is 2. The number of nitrogens with zero attached hydrogens (tertiary/aromatic N) is 1. The van der Waals surface area contributed by atoms with Gasteiger partial charge < -0.3 is 10.2 Å². The maximum atomic E-state index is 13.3. The van der Waals surface area contributed by atoms with Crippen LogP contribution in [0.4, 0.5) is 0 Å². The summed E-state index contributed by atoms with van der Waals surface area (Å²) in [7, 11) is 0. The fraction of sp³-hybridized carbons (Fsp3) is 0.440. The van der Waals surface area contributed by atoms with E-state index in [2.05, 4.69) is 5.32 Å². The van der Waals surface area contributed by atoms with Gasteiger partial charge in [0, 0.05) is 22.9 Å². The van der Waals surface area contributed by atoms with Gasteiger partial charge in [-0.1, -0.05) is 61.0 Å². The lowest BCUT2D eigenvalue weighted by atomic mass is 10.0. The number of rotatable bonds is 9. The topological polar surface area (TPSA) is 49.4 Å². The molecule has 1 atom stereocenters. The Hall–Kier alpha value is -1.98. The predicted octanol–water partition coefficient (Wildman–Crippen LogP) is 5.60. The van der Waals surface area contributed by atoms with Gasteiger partial charge in [0.15, 0.2) is 0 Å². The Kier molecular flexibility index (Phi) is 9.45. The molecule has 0 saturated heterocycles. The second-order valence-electron chi connectivity index (χ2n) is 8.70. The minimum atomic E-state index is -0.521. The Morgan fingerprint density at radius 3 is 2.26 bits per heavy atom. The number of benzene rings is 2. The van der Waals surface area contributed by atoms with Crippen LogP contribution in [0.5, 0.6) is 0 Å². The normalized spacial score (nSPS) is 12.3. The van der Waals surface area contributed by atoms with E-state index in [1.165, 1.54) is 11.8 Å². The first-order chi connectivity index (χ1) is 14.6. The molecular formula is C25H33ClN2O2S. The SMILES string of the molecule is CC[C@H](C(=O)NC(C)(C)C)N(Cc1ccccc1C)C(=O)CSCc1ccccc1Cl. The summed E-state index contributed by atoms with van der Waals surface area (Å²) in [5.41, 5.74) is 2.80. The highest BCUT2D eigenvalue weighted by molar-refractivity contribution is 7.99. The lowest BCUT2D eigenvalue weighted by molar-refractivity contribution is -0.140. The smallest absolute Gasteiger partial charge is 0.243 e. The van der Waals surface area contributed by atoms with Crippen molar-refractivity contribution in [1.82, 2.24) is 10.2 Å². The molecule has 0 saturated carbocycles. The first-order valence-electron chi connectivity index (χ1n) is 10.6. The van der Waals surface area contributed by atoms with Gasteiger partial charge in [-0.3, -0.25) is 9.59 Å². The third-order valence-corrected chi connectivity index (χ3v) is 6.26. The van der Waals surface area contributed by atoms with Crippen LogP contribution < -0.4 is 5.32 Å². The van der Waals surface area contributed by atoms with Crippen molar-refractivity contribution in [3.63, 3.8) is 0 Å². The van der Waals surface area contributed by atoms with Crippen LogP contribution in [0.3, 0.4) is 0 Å². The zero-order valence-corrected chi connectivity index (χ0v) is 20.6. The number of aryl methyl sites for hydroxylation is 1. The van der Waals surface area contributed by atoms with Gasteiger partial charge in [0.1, 0.15) is 6.04 Å². The molecule has 31 heavy (non-hydrogen) atoms. The molecule has 2 amide bonds. The van der Waals surface area contributed by atoms with Gasteiger partial charge in [0.05, 0.1) is 5.75 Å². The highest BCUT2D eigenvalue weighted by atomic mass is 35.5. The van der Waals surface area contributed by atoms with Gasteiger partial charge in [0.2, 0.25) is 11.8 Å². The maximum Gasteiger partial charge on any atom is 0.243 e. The second-order valence-corrected chi connectivity index (χ2v) is 10.1. The number of amides is 2. The number of thioether (sulfide) groups is 1. The van der Waals surface area contributed by atoms with Gasteiger partial charge in [-0.05, 0) is 56.9 Å². The van der Waals surface area contributed by atoms with E-state index in [0.29, 0.717) is 23.7 Å². The fourth-order valence-corrected chi connectivity index (χ4v) is 4.49. The quantitative estimate of drug-likeness (QED) is 0.529. The first kappa shape index (κ1) is 25.3. The number of hydrogen-bond acceptors (Lipinski definition) is 3. The molecule has 0 aromatic heterocycles. The van der Waals surface area contributed by atoms with Gasteiger partial charge in [-0.15, -0.1) is 11.8 Å². The maximum absolute atomic E-state index is 13.3. The summed E-state index contributed by atoms with van der Waals surface area (Å²) < 4.78 is 0. The third kappa shape index (κ3) is 7.89. The Morgan fingerprint density at radius 1 is 1.06 bits per heavy atom. The van der Waals surface area contributed by atoms with Gasteiger partial charge >= 0.3 is 0 Å². The Bertz CT molecular complexity index is 895. The van der Waals surface area contributed by atoms with E-state index >= 15 is 0 Å². The van der Waals surface area contributed by atoms with Gasteiger partial charge in [-0.2, -0.15) is 0 Å². The van der Waals surface area contributed by atoms with Crippen LogP contribution in [0.2, 0.25) is 5.02 Å². The predicted molar refractivity (Wildman–Crippen MR) is 131 cm³/mol. The minimum absolute atomic E-state index is 0.0452. The monoisotopic (exact) mass is 460 g/mol.